The lowest BCUT2D eigenvalue weighted by atomic mass is 9.63. The van der Waals surface area contributed by atoms with Crippen molar-refractivity contribution in [3.63, 3.8) is 0 Å². The summed E-state index contributed by atoms with van der Waals surface area (Å²) in [5, 5.41) is 10.2. The van der Waals surface area contributed by atoms with E-state index >= 15 is 0 Å². The lowest BCUT2D eigenvalue weighted by Gasteiger charge is -2.48. The molecule has 228 valence electrons. The van der Waals surface area contributed by atoms with Crippen LogP contribution in [0.25, 0.3) is 0 Å². The van der Waals surface area contributed by atoms with E-state index in [1.54, 1.807) is 17.0 Å². The van der Waals surface area contributed by atoms with Crippen LogP contribution in [0.1, 0.15) is 64.9 Å². The third kappa shape index (κ3) is 5.95. The van der Waals surface area contributed by atoms with Gasteiger partial charge in [-0.3, -0.25) is 14.4 Å². The molecule has 0 aromatic heterocycles. The van der Waals surface area contributed by atoms with E-state index < -0.39 is 32.8 Å². The maximum atomic E-state index is 13.8. The van der Waals surface area contributed by atoms with Gasteiger partial charge in [-0.05, 0) is 65.6 Å². The molecular weight excluding hydrogens is 594 g/mol. The lowest BCUT2D eigenvalue weighted by Crippen LogP contribution is -2.45. The van der Waals surface area contributed by atoms with E-state index in [1.165, 1.54) is 37.4 Å². The van der Waals surface area contributed by atoms with Crippen molar-refractivity contribution in [2.45, 2.75) is 64.2 Å². The minimum absolute atomic E-state index is 0.0693. The third-order valence-corrected chi connectivity index (χ3v) is 9.64. The zero-order valence-electron chi connectivity index (χ0n) is 24.7. The average Bonchev–Trinajstić information content (AvgIpc) is 2.88. The van der Waals surface area contributed by atoms with Crippen LogP contribution in [0.2, 0.25) is 5.02 Å². The molecule has 11 heteroatoms. The summed E-state index contributed by atoms with van der Waals surface area (Å²) in [5.74, 6) is -2.10. The smallest absolute Gasteiger partial charge is 0.339 e. The Bertz CT molecular complexity index is 1650. The van der Waals surface area contributed by atoms with Gasteiger partial charge < -0.3 is 18.9 Å². The van der Waals surface area contributed by atoms with E-state index in [1.807, 2.05) is 27.7 Å². The van der Waals surface area contributed by atoms with Gasteiger partial charge in [0, 0.05) is 46.3 Å². The standard InChI is InChI=1S/C32H34ClNO8S/c1-31(2)13-21-29(23(35)15-31)28(30-22(34(21)17-27(37)38)14-32(3,4)16-24(30)36)18-6-11-25(26(12-18)41-5)42-43(39,40)20-9-7-19(33)8-10-20/h6-12,28H,13-17H2,1-5H3,(H,37,38). The molecule has 9 nitrogen and oxygen atoms in total. The van der Waals surface area contributed by atoms with Crippen LogP contribution in [0.4, 0.5) is 0 Å². The molecule has 5 rings (SSSR count). The number of carbonyl (C=O) groups excluding carboxylic acids is 2. The Morgan fingerprint density at radius 1 is 0.907 bits per heavy atom. The maximum absolute atomic E-state index is 13.8. The summed E-state index contributed by atoms with van der Waals surface area (Å²) in [4.78, 5) is 41.3. The molecule has 0 saturated heterocycles. The highest BCUT2D eigenvalue weighted by Gasteiger charge is 2.49. The number of methoxy groups -OCH3 is 1. The predicted octanol–water partition coefficient (Wildman–Crippen LogP) is 5.89. The van der Waals surface area contributed by atoms with E-state index in [-0.39, 0.29) is 47.3 Å². The van der Waals surface area contributed by atoms with Crippen molar-refractivity contribution in [2.24, 2.45) is 10.8 Å². The van der Waals surface area contributed by atoms with E-state index in [0.717, 1.165) is 0 Å². The second-order valence-corrected chi connectivity index (χ2v) is 14.9. The first-order valence-electron chi connectivity index (χ1n) is 13.9. The number of hydrogen-bond acceptors (Lipinski definition) is 8. The number of nitrogens with zero attached hydrogens (tertiary/aromatic N) is 1. The molecule has 0 bridgehead atoms. The molecule has 0 atom stereocenters. The van der Waals surface area contributed by atoms with E-state index in [9.17, 15) is 27.9 Å². The Kier molecular flexibility index (Phi) is 7.75. The first-order chi connectivity index (χ1) is 20.0. The molecule has 1 N–H and O–H groups in total. The van der Waals surface area contributed by atoms with Crippen LogP contribution in [0.5, 0.6) is 11.5 Å². The fourth-order valence-electron chi connectivity index (χ4n) is 6.41. The number of carbonyl (C=O) groups is 3. The highest BCUT2D eigenvalue weighted by molar-refractivity contribution is 7.87. The zero-order chi connectivity index (χ0) is 31.5. The maximum Gasteiger partial charge on any atom is 0.339 e. The third-order valence-electron chi connectivity index (χ3n) is 8.14. The van der Waals surface area contributed by atoms with Gasteiger partial charge in [0.15, 0.2) is 23.1 Å². The normalized spacial score (nSPS) is 20.1. The summed E-state index contributed by atoms with van der Waals surface area (Å²) in [6.07, 6.45) is 1.40. The van der Waals surface area contributed by atoms with Gasteiger partial charge in [-0.2, -0.15) is 8.42 Å². The van der Waals surface area contributed by atoms with Crippen LogP contribution < -0.4 is 8.92 Å². The van der Waals surface area contributed by atoms with Crippen molar-refractivity contribution in [3.05, 3.63) is 75.6 Å². The molecule has 0 radical (unpaired) electrons. The summed E-state index contributed by atoms with van der Waals surface area (Å²) in [6.45, 7) is 7.52. The van der Waals surface area contributed by atoms with Gasteiger partial charge in [0.1, 0.15) is 11.4 Å². The summed E-state index contributed by atoms with van der Waals surface area (Å²) >= 11 is 5.90. The minimum atomic E-state index is -4.23. The van der Waals surface area contributed by atoms with Crippen LogP contribution in [-0.2, 0) is 24.5 Å². The van der Waals surface area contributed by atoms with E-state index in [4.69, 9.17) is 20.5 Å². The van der Waals surface area contributed by atoms with Gasteiger partial charge >= 0.3 is 16.1 Å². The second-order valence-electron chi connectivity index (χ2n) is 12.9. The van der Waals surface area contributed by atoms with Gasteiger partial charge in [0.2, 0.25) is 0 Å². The molecular formula is C32H34ClNO8S. The number of aliphatic carboxylic acids is 1. The van der Waals surface area contributed by atoms with Gasteiger partial charge in [-0.15, -0.1) is 0 Å². The van der Waals surface area contributed by atoms with Gasteiger partial charge in [0.25, 0.3) is 0 Å². The number of Topliss-reactive ketones (excluding diaryl/α,β-unsaturated/α-hetero) is 2. The number of hydrogen-bond donors (Lipinski definition) is 1. The molecule has 2 aromatic carbocycles. The topological polar surface area (TPSA) is 127 Å². The first-order valence-corrected chi connectivity index (χ1v) is 15.7. The Morgan fingerprint density at radius 3 is 1.93 bits per heavy atom. The van der Waals surface area contributed by atoms with Crippen LogP contribution >= 0.6 is 11.6 Å². The van der Waals surface area contributed by atoms with E-state index in [0.29, 0.717) is 46.0 Å². The number of carboxylic acid groups (broad SMARTS) is 1. The van der Waals surface area contributed by atoms with Gasteiger partial charge in [-0.25, -0.2) is 0 Å². The molecule has 2 aromatic rings. The van der Waals surface area contributed by atoms with E-state index in [2.05, 4.69) is 0 Å². The molecule has 0 amide bonds. The van der Waals surface area contributed by atoms with Crippen molar-refractivity contribution in [1.82, 2.24) is 4.90 Å². The fourth-order valence-corrected chi connectivity index (χ4v) is 7.47. The number of rotatable bonds is 7. The largest absolute Gasteiger partial charge is 0.493 e. The zero-order valence-corrected chi connectivity index (χ0v) is 26.3. The number of allylic oxidation sites excluding steroid dienone is 4. The Labute approximate surface area is 256 Å². The second kappa shape index (κ2) is 10.8. The molecule has 0 saturated carbocycles. The summed E-state index contributed by atoms with van der Waals surface area (Å²) in [6, 6.07) is 10.2. The number of carboxylic acids is 1. The highest BCUT2D eigenvalue weighted by atomic mass is 35.5. The molecule has 1 heterocycles. The molecule has 0 fully saturated rings. The lowest BCUT2D eigenvalue weighted by molar-refractivity contribution is -0.138. The molecule has 2 aliphatic carbocycles. The van der Waals surface area contributed by atoms with Crippen molar-refractivity contribution < 1.29 is 36.8 Å². The van der Waals surface area contributed by atoms with Crippen LogP contribution in [-0.4, -0.2) is 49.6 Å². The quantitative estimate of drug-likeness (QED) is 0.374. The number of halogens is 1. The SMILES string of the molecule is COc1cc(C2C3=C(CC(C)(C)CC3=O)N(CC(=O)O)C3=C2C(=O)CC(C)(C)C3)ccc1OS(=O)(=O)c1ccc(Cl)cc1. The monoisotopic (exact) mass is 627 g/mol. The number of ketones is 2. The summed E-state index contributed by atoms with van der Waals surface area (Å²) in [7, 11) is -2.86. The average molecular weight is 628 g/mol. The Hall–Kier alpha value is -3.63. The summed E-state index contributed by atoms with van der Waals surface area (Å²) < 4.78 is 37.0. The fraction of sp³-hybridized carbons (Fsp3) is 0.406. The Morgan fingerprint density at radius 2 is 1.44 bits per heavy atom. The molecule has 1 aliphatic heterocycles. The molecule has 3 aliphatic rings. The van der Waals surface area contributed by atoms with Crippen molar-refractivity contribution in [2.75, 3.05) is 13.7 Å². The first kappa shape index (κ1) is 30.8. The van der Waals surface area contributed by atoms with Crippen LogP contribution in [0.3, 0.4) is 0 Å². The predicted molar refractivity (Wildman–Crippen MR) is 159 cm³/mol. The van der Waals surface area contributed by atoms with Gasteiger partial charge in [-0.1, -0.05) is 45.4 Å². The number of ether oxygens (including phenoxy) is 1. The van der Waals surface area contributed by atoms with Gasteiger partial charge in [0.05, 0.1) is 7.11 Å². The molecule has 43 heavy (non-hydrogen) atoms. The Balaban J connectivity index is 1.67. The minimum Gasteiger partial charge on any atom is -0.493 e. The molecule has 0 spiro atoms. The highest BCUT2D eigenvalue weighted by Crippen LogP contribution is 2.55. The van der Waals surface area contributed by atoms with Crippen LogP contribution in [0, 0.1) is 10.8 Å². The number of benzene rings is 2. The summed E-state index contributed by atoms with van der Waals surface area (Å²) in [5.41, 5.74) is 1.76. The molecule has 0 unspecified atom stereocenters. The van der Waals surface area contributed by atoms with Crippen molar-refractivity contribution in [3.8, 4) is 11.5 Å². The van der Waals surface area contributed by atoms with Crippen molar-refractivity contribution in [1.29, 1.82) is 0 Å². The van der Waals surface area contributed by atoms with Crippen molar-refractivity contribution >= 4 is 39.3 Å². The van der Waals surface area contributed by atoms with Crippen LogP contribution in [0.15, 0.2) is 69.9 Å².